The molecular weight excluding hydrogens is 767 g/mol. The first-order valence-electron chi connectivity index (χ1n) is 17.6. The zero-order valence-electron chi connectivity index (χ0n) is 30.6. The van der Waals surface area contributed by atoms with Crippen LogP contribution in [0.3, 0.4) is 0 Å². The summed E-state index contributed by atoms with van der Waals surface area (Å²) in [6, 6.07) is 25.5. The Kier molecular flexibility index (Phi) is 15.1. The third-order valence-electron chi connectivity index (χ3n) is 8.11. The Morgan fingerprint density at radius 2 is 1.37 bits per heavy atom. The number of nitrogens with one attached hydrogen (secondary N) is 3. The fourth-order valence-electron chi connectivity index (χ4n) is 5.49. The van der Waals surface area contributed by atoms with E-state index in [0.29, 0.717) is 21.8 Å². The van der Waals surface area contributed by atoms with E-state index in [0.717, 1.165) is 0 Å². The molecule has 57 heavy (non-hydrogen) atoms. The van der Waals surface area contributed by atoms with Crippen LogP contribution in [-0.4, -0.2) is 74.8 Å². The molecule has 1 aliphatic rings. The molecule has 5 rings (SSSR count). The van der Waals surface area contributed by atoms with Crippen molar-refractivity contribution < 1.29 is 56.7 Å². The van der Waals surface area contributed by atoms with E-state index < -0.39 is 67.4 Å². The van der Waals surface area contributed by atoms with Crippen LogP contribution in [0.15, 0.2) is 97.1 Å². The molecule has 1 aliphatic heterocycles. The summed E-state index contributed by atoms with van der Waals surface area (Å²) in [5.41, 5.74) is 1.90. The topological polar surface area (TPSA) is 193 Å². The van der Waals surface area contributed by atoms with Gasteiger partial charge in [-0.25, -0.2) is 23.6 Å². The predicted octanol–water partition coefficient (Wildman–Crippen LogP) is 7.66. The Bertz CT molecular complexity index is 2030. The maximum absolute atomic E-state index is 13.7. The quantitative estimate of drug-likeness (QED) is 0.0834. The van der Waals surface area contributed by atoms with Crippen molar-refractivity contribution in [3.05, 3.63) is 125 Å². The van der Waals surface area contributed by atoms with Crippen molar-refractivity contribution in [2.45, 2.75) is 51.2 Å². The Morgan fingerprint density at radius 1 is 0.737 bits per heavy atom. The number of anilines is 3. The normalized spacial score (nSPS) is 18.6. The lowest BCUT2D eigenvalue weighted by Crippen LogP contribution is -2.63. The van der Waals surface area contributed by atoms with E-state index in [9.17, 15) is 28.8 Å². The fraction of sp³-hybridized carbons (Fsp3) is 0.275. The van der Waals surface area contributed by atoms with Crippen LogP contribution >= 0.6 is 11.6 Å². The number of amides is 3. The second-order valence-electron chi connectivity index (χ2n) is 12.1. The van der Waals surface area contributed by atoms with E-state index in [1.54, 1.807) is 44.2 Å². The average Bonchev–Trinajstić information content (AvgIpc) is 3.20. The molecule has 0 unspecified atom stereocenters. The largest absolute Gasteiger partial charge is 0.462 e. The lowest BCUT2D eigenvalue weighted by atomic mass is 9.98. The smallest absolute Gasteiger partial charge is 0.412 e. The zero-order chi connectivity index (χ0) is 40.7. The Balaban J connectivity index is 1.44. The van der Waals surface area contributed by atoms with Crippen molar-refractivity contribution in [2.24, 2.45) is 0 Å². The predicted molar refractivity (Wildman–Crippen MR) is 203 cm³/mol. The molecule has 4 aromatic carbocycles. The molecule has 0 aliphatic carbocycles. The van der Waals surface area contributed by atoms with E-state index in [1.165, 1.54) is 66.7 Å². The number of nitrogens with zero attached hydrogens (tertiary/aromatic N) is 1. The summed E-state index contributed by atoms with van der Waals surface area (Å²) >= 11 is 6.01. The van der Waals surface area contributed by atoms with Crippen LogP contribution < -0.4 is 16.0 Å². The van der Waals surface area contributed by atoms with Crippen LogP contribution in [0, 0.1) is 17.1 Å². The van der Waals surface area contributed by atoms with Gasteiger partial charge in [0.2, 0.25) is 0 Å². The lowest BCUT2D eigenvalue weighted by Gasteiger charge is -2.44. The van der Waals surface area contributed by atoms with Gasteiger partial charge in [-0.1, -0.05) is 29.8 Å². The molecule has 1 heterocycles. The van der Waals surface area contributed by atoms with Crippen LogP contribution in [0.4, 0.5) is 35.8 Å². The number of carbonyl (C=O) groups excluding carboxylic acids is 4. The van der Waals surface area contributed by atoms with E-state index in [2.05, 4.69) is 16.0 Å². The van der Waals surface area contributed by atoms with Gasteiger partial charge in [-0.2, -0.15) is 5.26 Å². The minimum absolute atomic E-state index is 0.0820. The SMILES string of the molecule is CCOC(=O)c1ccc(NC(=O)O[C@@H]2[C@@H](OCc3ccc(F)cc3)[C@H](OCC)O[C@H](COC(=O)Nc3cccc(C#N)c3)[C@H]2OC(=O)Nc2ccc(Cl)cc2)cc1. The first kappa shape index (κ1) is 41.9. The van der Waals surface area contributed by atoms with Gasteiger partial charge < -0.3 is 33.2 Å². The first-order chi connectivity index (χ1) is 27.5. The van der Waals surface area contributed by atoms with Gasteiger partial charge in [0.15, 0.2) is 18.5 Å². The molecule has 0 radical (unpaired) electrons. The highest BCUT2D eigenvalue weighted by molar-refractivity contribution is 6.30. The molecule has 15 nitrogen and oxygen atoms in total. The summed E-state index contributed by atoms with van der Waals surface area (Å²) in [6.45, 7) is 2.90. The number of esters is 1. The highest BCUT2D eigenvalue weighted by Crippen LogP contribution is 2.31. The third-order valence-corrected chi connectivity index (χ3v) is 8.37. The molecule has 0 bridgehead atoms. The molecule has 4 aromatic rings. The van der Waals surface area contributed by atoms with Crippen molar-refractivity contribution in [1.82, 2.24) is 0 Å². The molecule has 5 atom stereocenters. The van der Waals surface area contributed by atoms with Gasteiger partial charge in [0.1, 0.15) is 24.6 Å². The van der Waals surface area contributed by atoms with Crippen LogP contribution in [0.25, 0.3) is 0 Å². The van der Waals surface area contributed by atoms with Gasteiger partial charge in [0, 0.05) is 28.7 Å². The number of hydrogen-bond donors (Lipinski definition) is 3. The standard InChI is InChI=1S/C40H38ClFN4O11/c1-3-51-36(47)26-10-16-29(17-11-26)44-40(50)57-34-33(56-39(49)45-30-18-12-27(41)13-19-30)32(23-54-38(48)46-31-7-5-6-25(20-31)21-43)55-37(52-4-2)35(34)53-22-24-8-14-28(42)15-9-24/h5-20,32-35,37H,3-4,22-23H2,1-2H3,(H,44,50)(H,45,49)(H,46,48)/t32-,33-,34+,35-,37-/m1/s1. The van der Waals surface area contributed by atoms with Gasteiger partial charge in [0.05, 0.1) is 30.4 Å². The molecule has 0 aromatic heterocycles. The maximum Gasteiger partial charge on any atom is 0.412 e. The summed E-state index contributed by atoms with van der Waals surface area (Å²) in [6.07, 6.45) is -9.93. The minimum Gasteiger partial charge on any atom is -0.462 e. The zero-order valence-corrected chi connectivity index (χ0v) is 31.4. The number of halogens is 2. The second kappa shape index (κ2) is 20.6. The molecule has 298 valence electrons. The molecule has 1 fully saturated rings. The number of hydrogen-bond acceptors (Lipinski definition) is 12. The summed E-state index contributed by atoms with van der Waals surface area (Å²) in [5.74, 6) is -1.02. The van der Waals surface area contributed by atoms with Gasteiger partial charge in [0.25, 0.3) is 0 Å². The number of benzene rings is 4. The maximum atomic E-state index is 13.7. The van der Waals surface area contributed by atoms with Crippen LogP contribution in [-0.2, 0) is 39.8 Å². The minimum atomic E-state index is -1.53. The highest BCUT2D eigenvalue weighted by atomic mass is 35.5. The average molecular weight is 805 g/mol. The number of carbonyl (C=O) groups is 4. The monoisotopic (exact) mass is 804 g/mol. The number of ether oxygens (including phenoxy) is 7. The van der Waals surface area contributed by atoms with Crippen molar-refractivity contribution in [2.75, 3.05) is 35.8 Å². The molecule has 17 heteroatoms. The van der Waals surface area contributed by atoms with Crippen molar-refractivity contribution in [1.29, 1.82) is 5.26 Å². The third kappa shape index (κ3) is 12.4. The number of nitriles is 1. The fourth-order valence-corrected chi connectivity index (χ4v) is 5.62. The van der Waals surface area contributed by atoms with Gasteiger partial charge in [-0.3, -0.25) is 16.0 Å². The van der Waals surface area contributed by atoms with Gasteiger partial charge in [-0.05, 0) is 98.3 Å². The van der Waals surface area contributed by atoms with Crippen LogP contribution in [0.1, 0.15) is 35.3 Å². The Morgan fingerprint density at radius 3 is 2.00 bits per heavy atom. The number of rotatable bonds is 14. The lowest BCUT2D eigenvalue weighted by molar-refractivity contribution is -0.308. The van der Waals surface area contributed by atoms with Crippen molar-refractivity contribution in [3.8, 4) is 6.07 Å². The van der Waals surface area contributed by atoms with E-state index >= 15 is 0 Å². The van der Waals surface area contributed by atoms with E-state index in [-0.39, 0.29) is 36.8 Å². The summed E-state index contributed by atoms with van der Waals surface area (Å²) in [4.78, 5) is 52.2. The van der Waals surface area contributed by atoms with Crippen molar-refractivity contribution in [3.63, 3.8) is 0 Å². The second-order valence-corrected chi connectivity index (χ2v) is 12.5. The molecule has 1 saturated heterocycles. The Hall–Kier alpha value is -6.25. The molecule has 0 saturated carbocycles. The van der Waals surface area contributed by atoms with Crippen LogP contribution in [0.5, 0.6) is 0 Å². The Labute approximate surface area is 331 Å². The summed E-state index contributed by atoms with van der Waals surface area (Å²) in [7, 11) is 0. The molecule has 0 spiro atoms. The summed E-state index contributed by atoms with van der Waals surface area (Å²) in [5, 5.41) is 17.3. The molecule has 3 N–H and O–H groups in total. The molecular formula is C40H38ClFN4O11. The highest BCUT2D eigenvalue weighted by Gasteiger charge is 2.52. The van der Waals surface area contributed by atoms with Crippen molar-refractivity contribution >= 4 is 52.9 Å². The van der Waals surface area contributed by atoms with Gasteiger partial charge in [-0.15, -0.1) is 0 Å². The molecule has 3 amide bonds. The van der Waals surface area contributed by atoms with Crippen LogP contribution in [0.2, 0.25) is 5.02 Å². The van der Waals surface area contributed by atoms with E-state index in [4.69, 9.17) is 44.8 Å². The first-order valence-corrected chi connectivity index (χ1v) is 18.0. The summed E-state index contributed by atoms with van der Waals surface area (Å²) < 4.78 is 54.4. The van der Waals surface area contributed by atoms with E-state index in [1.807, 2.05) is 6.07 Å². The van der Waals surface area contributed by atoms with Gasteiger partial charge >= 0.3 is 24.2 Å².